The van der Waals surface area contributed by atoms with Crippen LogP contribution in [-0.2, 0) is 23.9 Å². The van der Waals surface area contributed by atoms with Gasteiger partial charge in [-0.3, -0.25) is 24.1 Å². The van der Waals surface area contributed by atoms with E-state index in [0.717, 1.165) is 30.7 Å². The minimum Gasteiger partial charge on any atom is -0.495 e. The molecule has 1 unspecified atom stereocenters. The Morgan fingerprint density at radius 2 is 1.65 bits per heavy atom. The van der Waals surface area contributed by atoms with Gasteiger partial charge in [-0.05, 0) is 63.0 Å². The fourth-order valence-corrected chi connectivity index (χ4v) is 6.11. The fourth-order valence-electron chi connectivity index (χ4n) is 5.63. The summed E-state index contributed by atoms with van der Waals surface area (Å²) < 4.78 is 11.6. The topological polar surface area (TPSA) is 184 Å². The molecule has 3 aromatic carbocycles. The van der Waals surface area contributed by atoms with E-state index in [1.807, 2.05) is 54.6 Å². The van der Waals surface area contributed by atoms with Crippen molar-refractivity contribution in [3.8, 4) is 16.9 Å². The molecule has 1 saturated heterocycles. The zero-order valence-corrected chi connectivity index (χ0v) is 27.9. The van der Waals surface area contributed by atoms with Crippen molar-refractivity contribution in [1.82, 2.24) is 20.9 Å². The molecule has 1 heterocycles. The summed E-state index contributed by atoms with van der Waals surface area (Å²) >= 11 is 2.09. The average molecular weight is 770 g/mol. The lowest BCUT2D eigenvalue weighted by molar-refractivity contribution is -0.139. The Kier molecular flexibility index (Phi) is 10.8. The van der Waals surface area contributed by atoms with Crippen molar-refractivity contribution >= 4 is 64.1 Å². The van der Waals surface area contributed by atoms with Gasteiger partial charge in [-0.1, -0.05) is 48.5 Å². The Morgan fingerprint density at radius 1 is 0.979 bits per heavy atom. The molecule has 14 nitrogen and oxygen atoms in total. The molecule has 15 heteroatoms. The van der Waals surface area contributed by atoms with E-state index in [0.29, 0.717) is 11.4 Å². The molecule has 1 atom stereocenters. The normalized spacial score (nSPS) is 14.5. The number of nitrogens with one attached hydrogen (secondary N) is 3. The standard InChI is InChI=1S/C33H32IN5O9/c1-47-27-11-10-19(34)14-26(27)38-13-12-29(41)39(33(38)46)18-36-28(40)16-35-31(44)25(15-30(42)43)37-32(45)48-17-24-22-8-4-2-6-20(22)21-7-3-5-9-23(21)24/h2-11,14,24-25H,12-13,15-18H2,1H3,(H,35,44)(H,36,40)(H,37,45)(H,42,43). The summed E-state index contributed by atoms with van der Waals surface area (Å²) in [6.07, 6.45) is -1.77. The minimum absolute atomic E-state index is 0.00534. The van der Waals surface area contributed by atoms with E-state index in [4.69, 9.17) is 9.47 Å². The summed E-state index contributed by atoms with van der Waals surface area (Å²) in [5.41, 5.74) is 4.49. The van der Waals surface area contributed by atoms with E-state index < -0.39 is 61.5 Å². The molecule has 5 rings (SSSR count). The summed E-state index contributed by atoms with van der Waals surface area (Å²) in [4.78, 5) is 77.6. The Labute approximate surface area is 288 Å². The van der Waals surface area contributed by atoms with Crippen LogP contribution in [-0.4, -0.2) is 85.3 Å². The molecule has 0 bridgehead atoms. The number of carbonyl (C=O) groups is 6. The van der Waals surface area contributed by atoms with Gasteiger partial charge in [0.25, 0.3) is 0 Å². The number of fused-ring (bicyclic) bond motifs is 3. The van der Waals surface area contributed by atoms with Crippen molar-refractivity contribution in [2.75, 3.05) is 38.4 Å². The number of imide groups is 1. The van der Waals surface area contributed by atoms with Gasteiger partial charge in [0.05, 0.1) is 25.8 Å². The summed E-state index contributed by atoms with van der Waals surface area (Å²) in [6, 6.07) is 18.5. The van der Waals surface area contributed by atoms with E-state index in [2.05, 4.69) is 38.5 Å². The highest BCUT2D eigenvalue weighted by molar-refractivity contribution is 14.1. The maximum atomic E-state index is 13.2. The van der Waals surface area contributed by atoms with Gasteiger partial charge in [-0.15, -0.1) is 0 Å². The monoisotopic (exact) mass is 769 g/mol. The molecule has 2 aliphatic rings. The first-order valence-electron chi connectivity index (χ1n) is 14.9. The molecule has 6 amide bonds. The third kappa shape index (κ3) is 7.67. The molecule has 1 fully saturated rings. The number of ether oxygens (including phenoxy) is 2. The lowest BCUT2D eigenvalue weighted by atomic mass is 9.98. The fraction of sp³-hybridized carbons (Fsp3) is 0.273. The zero-order chi connectivity index (χ0) is 34.4. The van der Waals surface area contributed by atoms with Gasteiger partial charge in [0.2, 0.25) is 17.7 Å². The predicted molar refractivity (Wildman–Crippen MR) is 180 cm³/mol. The van der Waals surface area contributed by atoms with Gasteiger partial charge in [-0.2, -0.15) is 0 Å². The summed E-state index contributed by atoms with van der Waals surface area (Å²) in [7, 11) is 1.46. The van der Waals surface area contributed by atoms with Crippen molar-refractivity contribution in [3.63, 3.8) is 0 Å². The number of amides is 6. The van der Waals surface area contributed by atoms with Crippen LogP contribution in [0.3, 0.4) is 0 Å². The Morgan fingerprint density at radius 3 is 2.29 bits per heavy atom. The maximum absolute atomic E-state index is 13.2. The van der Waals surface area contributed by atoms with Crippen molar-refractivity contribution in [1.29, 1.82) is 0 Å². The van der Waals surface area contributed by atoms with Gasteiger partial charge in [-0.25, -0.2) is 14.5 Å². The highest BCUT2D eigenvalue weighted by atomic mass is 127. The Balaban J connectivity index is 1.13. The highest BCUT2D eigenvalue weighted by Gasteiger charge is 2.35. The third-order valence-corrected chi connectivity index (χ3v) is 8.60. The predicted octanol–water partition coefficient (Wildman–Crippen LogP) is 3.03. The molecular formula is C33H32IN5O9. The summed E-state index contributed by atoms with van der Waals surface area (Å²) in [6.45, 7) is -1.01. The van der Waals surface area contributed by atoms with Gasteiger partial charge >= 0.3 is 18.1 Å². The van der Waals surface area contributed by atoms with Crippen LogP contribution in [0.5, 0.6) is 5.75 Å². The minimum atomic E-state index is -1.55. The quantitative estimate of drug-likeness (QED) is 0.201. The molecule has 0 spiro atoms. The number of urea groups is 1. The number of carboxylic acids is 1. The first kappa shape index (κ1) is 34.2. The van der Waals surface area contributed by atoms with Gasteiger partial charge in [0.1, 0.15) is 25.1 Å². The average Bonchev–Trinajstić information content (AvgIpc) is 3.39. The number of rotatable bonds is 12. The molecular weight excluding hydrogens is 737 g/mol. The number of aliphatic carboxylic acids is 1. The van der Waals surface area contributed by atoms with Crippen molar-refractivity contribution < 1.29 is 43.3 Å². The lowest BCUT2D eigenvalue weighted by Gasteiger charge is -2.34. The van der Waals surface area contributed by atoms with E-state index in [-0.39, 0.29) is 25.5 Å². The molecule has 1 aliphatic heterocycles. The van der Waals surface area contributed by atoms with Gasteiger partial charge < -0.3 is 30.5 Å². The molecule has 0 radical (unpaired) electrons. The number of alkyl carbamates (subject to hydrolysis) is 1. The second-order valence-corrected chi connectivity index (χ2v) is 12.2. The van der Waals surface area contributed by atoms with Gasteiger partial charge in [0.15, 0.2) is 0 Å². The Hall–Kier alpha value is -5.19. The van der Waals surface area contributed by atoms with E-state index in [9.17, 15) is 33.9 Å². The van der Waals surface area contributed by atoms with E-state index in [1.54, 1.807) is 12.1 Å². The smallest absolute Gasteiger partial charge is 0.407 e. The van der Waals surface area contributed by atoms with E-state index >= 15 is 0 Å². The number of nitrogens with zero attached hydrogens (tertiary/aromatic N) is 2. The molecule has 48 heavy (non-hydrogen) atoms. The lowest BCUT2D eigenvalue weighted by Crippen LogP contribution is -2.56. The van der Waals surface area contributed by atoms with Gasteiger partial charge in [0, 0.05) is 22.5 Å². The number of carbonyl (C=O) groups excluding carboxylic acids is 5. The number of carboxylic acid groups (broad SMARTS) is 1. The van der Waals surface area contributed by atoms with Crippen LogP contribution in [0.2, 0.25) is 0 Å². The Bertz CT molecular complexity index is 1720. The first-order valence-corrected chi connectivity index (χ1v) is 16.0. The molecule has 3 aromatic rings. The van der Waals surface area contributed by atoms with Crippen LogP contribution >= 0.6 is 22.6 Å². The van der Waals surface area contributed by atoms with Crippen LogP contribution in [0.4, 0.5) is 15.3 Å². The van der Waals surface area contributed by atoms with Crippen molar-refractivity contribution in [3.05, 3.63) is 81.4 Å². The van der Waals surface area contributed by atoms with Crippen LogP contribution in [0.25, 0.3) is 11.1 Å². The second kappa shape index (κ2) is 15.1. The largest absolute Gasteiger partial charge is 0.495 e. The first-order chi connectivity index (χ1) is 23.1. The number of benzene rings is 3. The number of halogens is 1. The number of methoxy groups -OCH3 is 1. The highest BCUT2D eigenvalue weighted by Crippen LogP contribution is 2.44. The third-order valence-electron chi connectivity index (χ3n) is 7.93. The second-order valence-electron chi connectivity index (χ2n) is 10.9. The van der Waals surface area contributed by atoms with Crippen LogP contribution in [0, 0.1) is 3.57 Å². The molecule has 4 N–H and O–H groups in total. The summed E-state index contributed by atoms with van der Waals surface area (Å²) in [5, 5.41) is 16.3. The number of hydrogen-bond acceptors (Lipinski definition) is 8. The number of anilines is 1. The molecule has 1 aliphatic carbocycles. The summed E-state index contributed by atoms with van der Waals surface area (Å²) in [5.74, 6) is -3.38. The van der Waals surface area contributed by atoms with Crippen LogP contribution in [0.15, 0.2) is 66.7 Å². The van der Waals surface area contributed by atoms with Crippen molar-refractivity contribution in [2.24, 2.45) is 0 Å². The SMILES string of the molecule is COc1ccc(I)cc1N1CCC(=O)N(CNC(=O)CNC(=O)C(CC(=O)O)NC(=O)OCC2c3ccccc3-c3ccccc32)C1=O. The molecule has 250 valence electrons. The molecule has 0 aromatic heterocycles. The number of hydrogen-bond donors (Lipinski definition) is 4. The van der Waals surface area contributed by atoms with E-state index in [1.165, 1.54) is 12.0 Å². The van der Waals surface area contributed by atoms with Crippen LogP contribution < -0.4 is 25.6 Å². The van der Waals surface area contributed by atoms with Crippen molar-refractivity contribution in [2.45, 2.75) is 24.8 Å². The zero-order valence-electron chi connectivity index (χ0n) is 25.7. The maximum Gasteiger partial charge on any atom is 0.407 e. The van der Waals surface area contributed by atoms with Crippen LogP contribution in [0.1, 0.15) is 29.9 Å². The molecule has 0 saturated carbocycles.